The van der Waals surface area contributed by atoms with Crippen molar-refractivity contribution >= 4 is 11.8 Å². The quantitative estimate of drug-likeness (QED) is 0.901. The average molecular weight is 288 g/mol. The molecule has 0 bridgehead atoms. The smallest absolute Gasteiger partial charge is 0.245 e. The molecule has 0 spiro atoms. The Bertz CT molecular complexity index is 479. The Labute approximate surface area is 126 Å². The molecular weight excluding hydrogens is 264 g/mol. The van der Waals surface area contributed by atoms with Crippen molar-refractivity contribution in [3.05, 3.63) is 35.9 Å². The molecule has 1 heterocycles. The summed E-state index contributed by atoms with van der Waals surface area (Å²) >= 11 is 0. The fourth-order valence-corrected chi connectivity index (χ4v) is 2.65. The van der Waals surface area contributed by atoms with Crippen molar-refractivity contribution in [3.63, 3.8) is 0 Å². The van der Waals surface area contributed by atoms with Gasteiger partial charge in [-0.25, -0.2) is 0 Å². The first-order chi connectivity index (χ1) is 10.1. The molecule has 0 saturated carbocycles. The van der Waals surface area contributed by atoms with Crippen LogP contribution in [0.4, 0.5) is 0 Å². The number of nitrogens with zero attached hydrogens (tertiary/aromatic N) is 1. The van der Waals surface area contributed by atoms with Crippen LogP contribution in [0, 0.1) is 5.92 Å². The SMILES string of the molecule is CC(C)C(NC(=O)Cc1ccccc1)C(=O)N1CCCC1. The summed E-state index contributed by atoms with van der Waals surface area (Å²) in [5, 5.41) is 2.91. The van der Waals surface area contributed by atoms with Gasteiger partial charge in [0.15, 0.2) is 0 Å². The molecule has 1 fully saturated rings. The lowest BCUT2D eigenvalue weighted by Crippen LogP contribution is -2.50. The molecule has 2 rings (SSSR count). The summed E-state index contributed by atoms with van der Waals surface area (Å²) in [4.78, 5) is 26.5. The Morgan fingerprint density at radius 3 is 2.33 bits per heavy atom. The molecule has 21 heavy (non-hydrogen) atoms. The zero-order chi connectivity index (χ0) is 15.2. The Morgan fingerprint density at radius 1 is 1.14 bits per heavy atom. The summed E-state index contributed by atoms with van der Waals surface area (Å²) in [5.41, 5.74) is 0.964. The molecule has 1 aliphatic heterocycles. The fraction of sp³-hybridized carbons (Fsp3) is 0.529. The lowest BCUT2D eigenvalue weighted by Gasteiger charge is -2.26. The second-order valence-corrected chi connectivity index (χ2v) is 5.98. The van der Waals surface area contributed by atoms with E-state index in [1.807, 2.05) is 49.1 Å². The van der Waals surface area contributed by atoms with Crippen LogP contribution in [0.25, 0.3) is 0 Å². The Balaban J connectivity index is 1.95. The van der Waals surface area contributed by atoms with E-state index in [1.54, 1.807) is 0 Å². The van der Waals surface area contributed by atoms with Crippen molar-refractivity contribution in [2.24, 2.45) is 5.92 Å². The molecule has 1 unspecified atom stereocenters. The highest BCUT2D eigenvalue weighted by molar-refractivity contribution is 5.88. The van der Waals surface area contributed by atoms with Gasteiger partial charge in [-0.3, -0.25) is 9.59 Å². The summed E-state index contributed by atoms with van der Waals surface area (Å²) in [6.07, 6.45) is 2.44. The molecule has 1 saturated heterocycles. The van der Waals surface area contributed by atoms with Gasteiger partial charge in [0.05, 0.1) is 6.42 Å². The first kappa shape index (κ1) is 15.5. The maximum Gasteiger partial charge on any atom is 0.245 e. The third-order valence-corrected chi connectivity index (χ3v) is 3.87. The van der Waals surface area contributed by atoms with E-state index in [9.17, 15) is 9.59 Å². The summed E-state index contributed by atoms with van der Waals surface area (Å²) in [6, 6.07) is 9.18. The molecule has 0 aromatic heterocycles. The van der Waals surface area contributed by atoms with E-state index in [1.165, 1.54) is 0 Å². The highest BCUT2D eigenvalue weighted by atomic mass is 16.2. The summed E-state index contributed by atoms with van der Waals surface area (Å²) in [7, 11) is 0. The number of benzene rings is 1. The Morgan fingerprint density at radius 2 is 1.76 bits per heavy atom. The van der Waals surface area contributed by atoms with Gasteiger partial charge in [-0.2, -0.15) is 0 Å². The van der Waals surface area contributed by atoms with E-state index in [0.29, 0.717) is 6.42 Å². The first-order valence-electron chi connectivity index (χ1n) is 7.70. The van der Waals surface area contributed by atoms with Gasteiger partial charge in [-0.05, 0) is 24.3 Å². The molecule has 0 radical (unpaired) electrons. The van der Waals surface area contributed by atoms with E-state index >= 15 is 0 Å². The van der Waals surface area contributed by atoms with Gasteiger partial charge in [0, 0.05) is 13.1 Å². The van der Waals surface area contributed by atoms with Crippen molar-refractivity contribution in [1.82, 2.24) is 10.2 Å². The number of likely N-dealkylation sites (tertiary alicyclic amines) is 1. The van der Waals surface area contributed by atoms with Crippen LogP contribution in [-0.4, -0.2) is 35.8 Å². The third-order valence-electron chi connectivity index (χ3n) is 3.87. The number of amides is 2. The number of rotatable bonds is 5. The average Bonchev–Trinajstić information content (AvgIpc) is 2.99. The molecule has 4 heteroatoms. The number of hydrogen-bond donors (Lipinski definition) is 1. The maximum absolute atomic E-state index is 12.5. The molecule has 1 atom stereocenters. The maximum atomic E-state index is 12.5. The van der Waals surface area contributed by atoms with Gasteiger partial charge in [0.1, 0.15) is 6.04 Å². The number of hydrogen-bond acceptors (Lipinski definition) is 2. The van der Waals surface area contributed by atoms with Crippen molar-refractivity contribution in [3.8, 4) is 0 Å². The molecule has 114 valence electrons. The zero-order valence-electron chi connectivity index (χ0n) is 12.8. The van der Waals surface area contributed by atoms with E-state index in [4.69, 9.17) is 0 Å². The molecule has 0 aliphatic carbocycles. The van der Waals surface area contributed by atoms with Crippen LogP contribution >= 0.6 is 0 Å². The van der Waals surface area contributed by atoms with Crippen LogP contribution in [0.3, 0.4) is 0 Å². The monoisotopic (exact) mass is 288 g/mol. The van der Waals surface area contributed by atoms with Crippen molar-refractivity contribution < 1.29 is 9.59 Å². The second kappa shape index (κ2) is 7.25. The van der Waals surface area contributed by atoms with E-state index in [-0.39, 0.29) is 17.7 Å². The Kier molecular flexibility index (Phi) is 5.37. The van der Waals surface area contributed by atoms with Gasteiger partial charge < -0.3 is 10.2 Å². The number of carbonyl (C=O) groups is 2. The van der Waals surface area contributed by atoms with Gasteiger partial charge in [0.2, 0.25) is 11.8 Å². The first-order valence-corrected chi connectivity index (χ1v) is 7.70. The van der Waals surface area contributed by atoms with Crippen molar-refractivity contribution in [1.29, 1.82) is 0 Å². The predicted molar refractivity (Wildman–Crippen MR) is 82.7 cm³/mol. The minimum Gasteiger partial charge on any atom is -0.344 e. The standard InChI is InChI=1S/C17H24N2O2/c1-13(2)16(17(21)19-10-6-7-11-19)18-15(20)12-14-8-4-3-5-9-14/h3-5,8-9,13,16H,6-7,10-12H2,1-2H3,(H,18,20). The van der Waals surface area contributed by atoms with Gasteiger partial charge in [0.25, 0.3) is 0 Å². The van der Waals surface area contributed by atoms with E-state index < -0.39 is 6.04 Å². The third kappa shape index (κ3) is 4.31. The highest BCUT2D eigenvalue weighted by Crippen LogP contribution is 2.13. The Hall–Kier alpha value is -1.84. The van der Waals surface area contributed by atoms with E-state index in [2.05, 4.69) is 5.32 Å². The van der Waals surface area contributed by atoms with Gasteiger partial charge in [-0.1, -0.05) is 44.2 Å². The molecule has 1 aromatic rings. The minimum atomic E-state index is -0.417. The molecule has 1 N–H and O–H groups in total. The van der Waals surface area contributed by atoms with Gasteiger partial charge in [-0.15, -0.1) is 0 Å². The van der Waals surface area contributed by atoms with Crippen LogP contribution in [0.15, 0.2) is 30.3 Å². The van der Waals surface area contributed by atoms with Gasteiger partial charge >= 0.3 is 0 Å². The largest absolute Gasteiger partial charge is 0.344 e. The van der Waals surface area contributed by atoms with Crippen LogP contribution in [0.1, 0.15) is 32.3 Å². The minimum absolute atomic E-state index is 0.0592. The van der Waals surface area contributed by atoms with E-state index in [0.717, 1.165) is 31.5 Å². The molecule has 1 aromatic carbocycles. The van der Waals surface area contributed by atoms with Crippen LogP contribution in [0.5, 0.6) is 0 Å². The van der Waals surface area contributed by atoms with Crippen molar-refractivity contribution in [2.75, 3.05) is 13.1 Å². The molecular formula is C17H24N2O2. The van der Waals surface area contributed by atoms with Crippen molar-refractivity contribution in [2.45, 2.75) is 39.2 Å². The van der Waals surface area contributed by atoms with Crippen LogP contribution in [0.2, 0.25) is 0 Å². The summed E-state index contributed by atoms with van der Waals surface area (Å²) < 4.78 is 0. The highest BCUT2D eigenvalue weighted by Gasteiger charge is 2.29. The topological polar surface area (TPSA) is 49.4 Å². The molecule has 2 amide bonds. The predicted octanol–water partition coefficient (Wildman–Crippen LogP) is 1.99. The fourth-order valence-electron chi connectivity index (χ4n) is 2.65. The number of carbonyl (C=O) groups excluding carboxylic acids is 2. The lowest BCUT2D eigenvalue weighted by atomic mass is 10.0. The zero-order valence-corrected chi connectivity index (χ0v) is 12.8. The normalized spacial score (nSPS) is 16.0. The lowest BCUT2D eigenvalue weighted by molar-refractivity contribution is -0.136. The van der Waals surface area contributed by atoms with Crippen LogP contribution < -0.4 is 5.32 Å². The van der Waals surface area contributed by atoms with Crippen LogP contribution in [-0.2, 0) is 16.0 Å². The second-order valence-electron chi connectivity index (χ2n) is 5.98. The molecule has 4 nitrogen and oxygen atoms in total. The number of nitrogens with one attached hydrogen (secondary N) is 1. The summed E-state index contributed by atoms with van der Waals surface area (Å²) in [5.74, 6) is 0.0641. The summed E-state index contributed by atoms with van der Waals surface area (Å²) in [6.45, 7) is 5.58. The molecule has 1 aliphatic rings.